The van der Waals surface area contributed by atoms with E-state index in [0.29, 0.717) is 22.8 Å². The molecule has 1 saturated carbocycles. The Labute approximate surface area is 180 Å². The number of amides is 1. The third kappa shape index (κ3) is 4.14. The predicted molar refractivity (Wildman–Crippen MR) is 117 cm³/mol. The zero-order chi connectivity index (χ0) is 20.4. The highest BCUT2D eigenvalue weighted by Crippen LogP contribution is 2.41. The smallest absolute Gasteiger partial charge is 0.222 e. The first-order chi connectivity index (χ1) is 14.0. The van der Waals surface area contributed by atoms with Gasteiger partial charge >= 0.3 is 0 Å². The monoisotopic (exact) mass is 426 g/mol. The van der Waals surface area contributed by atoms with Crippen LogP contribution in [-0.2, 0) is 16.9 Å². The van der Waals surface area contributed by atoms with Crippen LogP contribution in [0.1, 0.15) is 36.8 Å². The van der Waals surface area contributed by atoms with Gasteiger partial charge in [0.05, 0.1) is 5.54 Å². The van der Waals surface area contributed by atoms with Crippen LogP contribution in [0.3, 0.4) is 0 Å². The number of nitrogens with zero attached hydrogens (tertiary/aromatic N) is 2. The Hall–Kier alpha value is -2.44. The molecule has 1 aliphatic carbocycles. The van der Waals surface area contributed by atoms with Gasteiger partial charge in [0.2, 0.25) is 5.91 Å². The Morgan fingerprint density at radius 2 is 1.90 bits per heavy atom. The molecule has 1 amide bonds. The Balaban J connectivity index is 1.46. The highest BCUT2D eigenvalue weighted by Gasteiger charge is 2.39. The van der Waals surface area contributed by atoms with Crippen LogP contribution in [0.5, 0.6) is 0 Å². The van der Waals surface area contributed by atoms with E-state index in [2.05, 4.69) is 15.5 Å². The maximum Gasteiger partial charge on any atom is 0.222 e. The van der Waals surface area contributed by atoms with E-state index in [4.69, 9.17) is 23.8 Å². The van der Waals surface area contributed by atoms with Crippen LogP contribution in [0, 0.1) is 11.7 Å². The number of nitrogens with one attached hydrogen (secondary N) is 2. The van der Waals surface area contributed by atoms with E-state index >= 15 is 0 Å². The second-order valence-corrected chi connectivity index (χ2v) is 8.43. The van der Waals surface area contributed by atoms with Crippen LogP contribution < -0.4 is 5.32 Å². The molecule has 1 aliphatic rings. The van der Waals surface area contributed by atoms with Gasteiger partial charge in [0, 0.05) is 23.6 Å². The summed E-state index contributed by atoms with van der Waals surface area (Å²) in [6.07, 6.45) is 3.33. The molecule has 5 nitrogen and oxygen atoms in total. The number of H-pyrrole nitrogens is 1. The standard InChI is InChI=1S/C22H23ClN4OS/c1-15-3-5-16(6-4-15)20-25-26-21(29)27(20)14-11-19(28)24-22(12-2-13-22)17-7-9-18(23)10-8-17/h3-10H,2,11-14H2,1H3,(H,24,28)(H,26,29). The fraction of sp³-hybridized carbons (Fsp3) is 0.318. The van der Waals surface area contributed by atoms with E-state index in [1.165, 1.54) is 5.56 Å². The van der Waals surface area contributed by atoms with Gasteiger partial charge in [0.1, 0.15) is 0 Å². The molecule has 0 unspecified atom stereocenters. The summed E-state index contributed by atoms with van der Waals surface area (Å²) in [4.78, 5) is 12.8. The molecule has 0 spiro atoms. The summed E-state index contributed by atoms with van der Waals surface area (Å²) in [5.41, 5.74) is 2.99. The van der Waals surface area contributed by atoms with Gasteiger partial charge in [-0.2, -0.15) is 5.10 Å². The van der Waals surface area contributed by atoms with E-state index in [1.54, 1.807) is 0 Å². The molecule has 0 bridgehead atoms. The van der Waals surface area contributed by atoms with Gasteiger partial charge in [-0.3, -0.25) is 14.5 Å². The van der Waals surface area contributed by atoms with Gasteiger partial charge in [-0.15, -0.1) is 0 Å². The summed E-state index contributed by atoms with van der Waals surface area (Å²) >= 11 is 11.4. The molecule has 2 N–H and O–H groups in total. The molecule has 0 saturated heterocycles. The fourth-order valence-corrected chi connectivity index (χ4v) is 4.13. The Bertz CT molecular complexity index is 1070. The van der Waals surface area contributed by atoms with Crippen molar-refractivity contribution in [1.82, 2.24) is 20.1 Å². The summed E-state index contributed by atoms with van der Waals surface area (Å²) in [7, 11) is 0. The van der Waals surface area contributed by atoms with Crippen LogP contribution in [0.2, 0.25) is 5.02 Å². The van der Waals surface area contributed by atoms with Crippen molar-refractivity contribution in [3.63, 3.8) is 0 Å². The minimum atomic E-state index is -0.278. The number of hydrogen-bond acceptors (Lipinski definition) is 3. The van der Waals surface area contributed by atoms with E-state index in [-0.39, 0.29) is 11.4 Å². The van der Waals surface area contributed by atoms with Crippen molar-refractivity contribution in [2.75, 3.05) is 0 Å². The first-order valence-corrected chi connectivity index (χ1v) is 10.5. The lowest BCUT2D eigenvalue weighted by Gasteiger charge is -2.43. The first-order valence-electron chi connectivity index (χ1n) is 9.76. The van der Waals surface area contributed by atoms with Crippen molar-refractivity contribution in [1.29, 1.82) is 0 Å². The van der Waals surface area contributed by atoms with Crippen molar-refractivity contribution in [2.45, 2.75) is 44.7 Å². The minimum absolute atomic E-state index is 0.0117. The summed E-state index contributed by atoms with van der Waals surface area (Å²) < 4.78 is 2.40. The van der Waals surface area contributed by atoms with Crippen LogP contribution in [0.4, 0.5) is 0 Å². The van der Waals surface area contributed by atoms with Crippen LogP contribution in [0.25, 0.3) is 11.4 Å². The topological polar surface area (TPSA) is 62.7 Å². The summed E-state index contributed by atoms with van der Waals surface area (Å²) in [6, 6.07) is 15.9. The number of rotatable bonds is 6. The number of benzene rings is 2. The van der Waals surface area contributed by atoms with Crippen LogP contribution in [-0.4, -0.2) is 20.7 Å². The second kappa shape index (κ2) is 8.13. The average molecular weight is 427 g/mol. The normalized spacial score (nSPS) is 15.0. The number of carbonyl (C=O) groups excluding carboxylic acids is 1. The maximum atomic E-state index is 12.8. The SMILES string of the molecule is Cc1ccc(-c2n[nH]c(=S)n2CCC(=O)NC2(c3ccc(Cl)cc3)CCC2)cc1. The zero-order valence-corrected chi connectivity index (χ0v) is 17.8. The van der Waals surface area contributed by atoms with Crippen LogP contribution >= 0.6 is 23.8 Å². The van der Waals surface area contributed by atoms with Crippen molar-refractivity contribution >= 4 is 29.7 Å². The molecule has 1 heterocycles. The van der Waals surface area contributed by atoms with Gasteiger partial charge in [-0.1, -0.05) is 53.6 Å². The van der Waals surface area contributed by atoms with Crippen molar-refractivity contribution in [2.24, 2.45) is 0 Å². The summed E-state index contributed by atoms with van der Waals surface area (Å²) in [5, 5.41) is 11.2. The molecular formula is C22H23ClN4OS. The van der Waals surface area contributed by atoms with Gasteiger partial charge in [0.25, 0.3) is 0 Å². The maximum absolute atomic E-state index is 12.8. The number of hydrogen-bond donors (Lipinski definition) is 2. The lowest BCUT2D eigenvalue weighted by Crippen LogP contribution is -2.50. The third-order valence-corrected chi connectivity index (χ3v) is 6.18. The lowest BCUT2D eigenvalue weighted by atomic mass is 9.71. The quantitative estimate of drug-likeness (QED) is 0.535. The molecule has 150 valence electrons. The number of carbonyl (C=O) groups is 1. The molecule has 2 aromatic carbocycles. The third-order valence-electron chi connectivity index (χ3n) is 5.61. The number of aromatic nitrogens is 3. The molecule has 29 heavy (non-hydrogen) atoms. The highest BCUT2D eigenvalue weighted by molar-refractivity contribution is 7.71. The lowest BCUT2D eigenvalue weighted by molar-refractivity contribution is -0.124. The first kappa shape index (κ1) is 19.9. The van der Waals surface area contributed by atoms with E-state index < -0.39 is 0 Å². The second-order valence-electron chi connectivity index (χ2n) is 7.61. The molecule has 1 aromatic heterocycles. The molecule has 0 radical (unpaired) electrons. The molecular weight excluding hydrogens is 404 g/mol. The average Bonchev–Trinajstić information content (AvgIpc) is 3.05. The molecule has 4 rings (SSSR count). The molecule has 0 atom stereocenters. The van der Waals surface area contributed by atoms with Gasteiger partial charge in [0.15, 0.2) is 10.6 Å². The number of halogens is 1. The number of aryl methyl sites for hydroxylation is 1. The summed E-state index contributed by atoms with van der Waals surface area (Å²) in [6.45, 7) is 2.52. The Morgan fingerprint density at radius 1 is 1.21 bits per heavy atom. The Morgan fingerprint density at radius 3 is 2.52 bits per heavy atom. The predicted octanol–water partition coefficient (Wildman–Crippen LogP) is 5.16. The molecule has 1 fully saturated rings. The largest absolute Gasteiger partial charge is 0.347 e. The zero-order valence-electron chi connectivity index (χ0n) is 16.2. The van der Waals surface area contributed by atoms with Crippen molar-refractivity contribution < 1.29 is 4.79 Å². The van der Waals surface area contributed by atoms with Crippen molar-refractivity contribution in [3.05, 3.63) is 69.5 Å². The number of aromatic amines is 1. The van der Waals surface area contributed by atoms with Gasteiger partial charge in [-0.05, 0) is 56.1 Å². The van der Waals surface area contributed by atoms with Crippen LogP contribution in [0.15, 0.2) is 48.5 Å². The highest BCUT2D eigenvalue weighted by atomic mass is 35.5. The Kier molecular flexibility index (Phi) is 5.56. The molecule has 0 aliphatic heterocycles. The van der Waals surface area contributed by atoms with Crippen molar-refractivity contribution in [3.8, 4) is 11.4 Å². The molecule has 7 heteroatoms. The van der Waals surface area contributed by atoms with E-state index in [9.17, 15) is 4.79 Å². The fourth-order valence-electron chi connectivity index (χ4n) is 3.78. The van der Waals surface area contributed by atoms with Gasteiger partial charge in [-0.25, -0.2) is 0 Å². The van der Waals surface area contributed by atoms with E-state index in [1.807, 2.05) is 60.0 Å². The summed E-state index contributed by atoms with van der Waals surface area (Å²) in [5.74, 6) is 0.761. The van der Waals surface area contributed by atoms with Gasteiger partial charge < -0.3 is 5.32 Å². The van der Waals surface area contributed by atoms with E-state index in [0.717, 1.165) is 36.2 Å². The molecule has 3 aromatic rings. The minimum Gasteiger partial charge on any atom is -0.347 e.